The summed E-state index contributed by atoms with van der Waals surface area (Å²) in [6, 6.07) is 6.20. The van der Waals surface area contributed by atoms with Crippen LogP contribution in [0.5, 0.6) is 0 Å². The van der Waals surface area contributed by atoms with Gasteiger partial charge in [-0.15, -0.1) is 0 Å². The molecule has 0 aliphatic carbocycles. The number of allylic oxidation sites excluding steroid dienone is 2. The Morgan fingerprint density at radius 2 is 1.96 bits per heavy atom. The predicted octanol–water partition coefficient (Wildman–Crippen LogP) is 1.42. The van der Waals surface area contributed by atoms with Gasteiger partial charge in [-0.3, -0.25) is 14.6 Å². The van der Waals surface area contributed by atoms with E-state index >= 15 is 0 Å². The van der Waals surface area contributed by atoms with Crippen LogP contribution in [0.4, 0.5) is 0 Å². The van der Waals surface area contributed by atoms with Gasteiger partial charge in [-0.25, -0.2) is 0 Å². The number of hydrogen-bond donors (Lipinski definition) is 3. The molecule has 1 rings (SSSR count). The first-order chi connectivity index (χ1) is 11.0. The van der Waals surface area contributed by atoms with Crippen molar-refractivity contribution in [2.24, 2.45) is 10.7 Å². The van der Waals surface area contributed by atoms with E-state index in [1.165, 1.54) is 6.20 Å². The lowest BCUT2D eigenvalue weighted by atomic mass is 10.0. The molecule has 1 amide bonds. The summed E-state index contributed by atoms with van der Waals surface area (Å²) in [4.78, 5) is 26.3. The van der Waals surface area contributed by atoms with E-state index in [1.807, 2.05) is 6.92 Å². The van der Waals surface area contributed by atoms with Crippen LogP contribution in [0.15, 0.2) is 53.3 Å². The highest BCUT2D eigenvalue weighted by atomic mass is 16.4. The molecule has 6 nitrogen and oxygen atoms in total. The number of benzene rings is 1. The lowest BCUT2D eigenvalue weighted by Crippen LogP contribution is -2.32. The minimum Gasteiger partial charge on any atom is -0.480 e. The SMILES string of the molecule is C=N/C=C(\C=C/C)NC(=O)Cc1ccc(C[C@H](N)C(=O)O)cc1. The predicted molar refractivity (Wildman–Crippen MR) is 90.0 cm³/mol. The molecule has 23 heavy (non-hydrogen) atoms. The van der Waals surface area contributed by atoms with Crippen LogP contribution in [0.1, 0.15) is 18.1 Å². The fourth-order valence-corrected chi connectivity index (χ4v) is 1.92. The number of carbonyl (C=O) groups excluding carboxylic acids is 1. The van der Waals surface area contributed by atoms with Gasteiger partial charge in [-0.05, 0) is 37.3 Å². The van der Waals surface area contributed by atoms with Crippen molar-refractivity contribution in [1.82, 2.24) is 5.32 Å². The molecule has 4 N–H and O–H groups in total. The van der Waals surface area contributed by atoms with Gasteiger partial charge in [0.15, 0.2) is 0 Å². The van der Waals surface area contributed by atoms with Gasteiger partial charge in [0.1, 0.15) is 6.04 Å². The molecule has 1 aromatic rings. The fourth-order valence-electron chi connectivity index (χ4n) is 1.92. The van der Waals surface area contributed by atoms with E-state index in [9.17, 15) is 9.59 Å². The molecule has 0 bridgehead atoms. The Kier molecular flexibility index (Phi) is 7.42. The molecule has 0 unspecified atom stereocenters. The molecule has 6 heteroatoms. The number of carboxylic acid groups (broad SMARTS) is 1. The molecule has 0 fully saturated rings. The van der Waals surface area contributed by atoms with Gasteiger partial charge >= 0.3 is 5.97 Å². The molecular formula is C17H21N3O3. The number of amides is 1. The molecule has 1 atom stereocenters. The van der Waals surface area contributed by atoms with Crippen molar-refractivity contribution < 1.29 is 14.7 Å². The molecule has 0 heterocycles. The van der Waals surface area contributed by atoms with Gasteiger partial charge < -0.3 is 16.2 Å². The molecule has 0 saturated heterocycles. The maximum atomic E-state index is 12.0. The Balaban J connectivity index is 2.64. The molecule has 0 spiro atoms. The zero-order chi connectivity index (χ0) is 17.2. The summed E-state index contributed by atoms with van der Waals surface area (Å²) in [5.74, 6) is -1.21. The van der Waals surface area contributed by atoms with Crippen LogP contribution in [0.25, 0.3) is 0 Å². The van der Waals surface area contributed by atoms with Crippen LogP contribution in [-0.2, 0) is 22.4 Å². The van der Waals surface area contributed by atoms with Gasteiger partial charge in [-0.2, -0.15) is 0 Å². The van der Waals surface area contributed by atoms with Crippen molar-refractivity contribution in [3.05, 3.63) is 59.4 Å². The van der Waals surface area contributed by atoms with E-state index in [2.05, 4.69) is 17.0 Å². The first kappa shape index (κ1) is 18.3. The number of carboxylic acids is 1. The standard InChI is InChI=1S/C17H21N3O3/c1-3-4-14(11-19-2)20-16(21)10-13-7-5-12(6-8-13)9-15(18)17(22)23/h3-8,11,15H,2,9-10,18H2,1H3,(H,20,21)(H,22,23)/b4-3-,14-11+/t15-/m0/s1. The van der Waals surface area contributed by atoms with Gasteiger partial charge in [0, 0.05) is 6.20 Å². The maximum absolute atomic E-state index is 12.0. The number of aliphatic imine (C=N–C) groups is 1. The topological polar surface area (TPSA) is 105 Å². The quantitative estimate of drug-likeness (QED) is 0.498. The summed E-state index contributed by atoms with van der Waals surface area (Å²) in [5, 5.41) is 11.5. The molecule has 0 aliphatic heterocycles. The van der Waals surface area contributed by atoms with E-state index in [0.717, 1.165) is 11.1 Å². The van der Waals surface area contributed by atoms with Crippen LogP contribution in [0.3, 0.4) is 0 Å². The second-order valence-electron chi connectivity index (χ2n) is 4.96. The maximum Gasteiger partial charge on any atom is 0.320 e. The zero-order valence-corrected chi connectivity index (χ0v) is 13.0. The second-order valence-corrected chi connectivity index (χ2v) is 4.96. The van der Waals surface area contributed by atoms with E-state index in [0.29, 0.717) is 5.70 Å². The normalized spacial score (nSPS) is 12.9. The first-order valence-corrected chi connectivity index (χ1v) is 7.11. The van der Waals surface area contributed by atoms with Crippen molar-refractivity contribution >= 4 is 18.6 Å². The van der Waals surface area contributed by atoms with Crippen molar-refractivity contribution in [2.75, 3.05) is 0 Å². The highest BCUT2D eigenvalue weighted by Gasteiger charge is 2.12. The van der Waals surface area contributed by atoms with Gasteiger partial charge in [-0.1, -0.05) is 30.3 Å². The van der Waals surface area contributed by atoms with Gasteiger partial charge in [0.05, 0.1) is 12.1 Å². The fraction of sp³-hybridized carbons (Fsp3) is 0.235. The molecule has 0 aromatic heterocycles. The summed E-state index contributed by atoms with van der Waals surface area (Å²) in [7, 11) is 0. The molecule has 0 radical (unpaired) electrons. The van der Waals surface area contributed by atoms with Crippen LogP contribution in [0.2, 0.25) is 0 Å². The summed E-state index contributed by atoms with van der Waals surface area (Å²) in [6.07, 6.45) is 5.44. The lowest BCUT2D eigenvalue weighted by molar-refractivity contribution is -0.138. The summed E-state index contributed by atoms with van der Waals surface area (Å²) in [5.41, 5.74) is 7.69. The second kappa shape index (κ2) is 9.32. The molecule has 0 aliphatic rings. The highest BCUT2D eigenvalue weighted by Crippen LogP contribution is 2.08. The van der Waals surface area contributed by atoms with E-state index in [-0.39, 0.29) is 18.7 Å². The molecule has 1 aromatic carbocycles. The minimum absolute atomic E-state index is 0.173. The highest BCUT2D eigenvalue weighted by molar-refractivity contribution is 5.80. The average Bonchev–Trinajstić information content (AvgIpc) is 2.49. The summed E-state index contributed by atoms with van der Waals surface area (Å²) in [6.45, 7) is 5.19. The van der Waals surface area contributed by atoms with Gasteiger partial charge in [0.25, 0.3) is 0 Å². The summed E-state index contributed by atoms with van der Waals surface area (Å²) >= 11 is 0. The number of nitrogens with two attached hydrogens (primary N) is 1. The summed E-state index contributed by atoms with van der Waals surface area (Å²) < 4.78 is 0. The van der Waals surface area contributed by atoms with Crippen LogP contribution in [0, 0.1) is 0 Å². The largest absolute Gasteiger partial charge is 0.480 e. The van der Waals surface area contributed by atoms with Crippen molar-refractivity contribution in [3.63, 3.8) is 0 Å². The first-order valence-electron chi connectivity index (χ1n) is 7.11. The number of nitrogens with zero attached hydrogens (tertiary/aromatic N) is 1. The number of aliphatic carboxylic acids is 1. The third kappa shape index (κ3) is 6.71. The van der Waals surface area contributed by atoms with E-state index in [4.69, 9.17) is 10.8 Å². The minimum atomic E-state index is -1.03. The Bertz CT molecular complexity index is 618. The van der Waals surface area contributed by atoms with Crippen LogP contribution in [-0.4, -0.2) is 29.7 Å². The third-order valence-electron chi connectivity index (χ3n) is 3.02. The number of rotatable bonds is 8. The Morgan fingerprint density at radius 1 is 1.35 bits per heavy atom. The van der Waals surface area contributed by atoms with Gasteiger partial charge in [0.2, 0.25) is 5.91 Å². The number of hydrogen-bond acceptors (Lipinski definition) is 4. The molecular weight excluding hydrogens is 294 g/mol. The van der Waals surface area contributed by atoms with Crippen molar-refractivity contribution in [2.45, 2.75) is 25.8 Å². The Hall–Kier alpha value is -2.73. The monoisotopic (exact) mass is 315 g/mol. The average molecular weight is 315 g/mol. The zero-order valence-electron chi connectivity index (χ0n) is 13.0. The number of carbonyl (C=O) groups is 2. The molecule has 0 saturated carbocycles. The molecule has 122 valence electrons. The Labute approximate surface area is 135 Å². The Morgan fingerprint density at radius 3 is 2.48 bits per heavy atom. The van der Waals surface area contributed by atoms with E-state index in [1.54, 1.807) is 36.4 Å². The lowest BCUT2D eigenvalue weighted by Gasteiger charge is -2.08. The van der Waals surface area contributed by atoms with Crippen LogP contribution < -0.4 is 11.1 Å². The van der Waals surface area contributed by atoms with Crippen molar-refractivity contribution in [1.29, 1.82) is 0 Å². The number of nitrogens with one attached hydrogen (secondary N) is 1. The smallest absolute Gasteiger partial charge is 0.320 e. The van der Waals surface area contributed by atoms with Crippen LogP contribution >= 0.6 is 0 Å². The van der Waals surface area contributed by atoms with E-state index < -0.39 is 12.0 Å². The van der Waals surface area contributed by atoms with Crippen molar-refractivity contribution in [3.8, 4) is 0 Å². The third-order valence-corrected chi connectivity index (χ3v) is 3.02.